The molecule has 0 aliphatic heterocycles. The molecule has 0 heterocycles. The van der Waals surface area contributed by atoms with Crippen LogP contribution in [0.25, 0.3) is 0 Å². The van der Waals surface area contributed by atoms with Crippen LogP contribution in [-0.2, 0) is 6.16 Å². The fraction of sp³-hybridized carbons (Fsp3) is 0.727. The van der Waals surface area contributed by atoms with Crippen molar-refractivity contribution in [3.63, 3.8) is 0 Å². The Morgan fingerprint density at radius 3 is 1.58 bits per heavy atom. The zero-order chi connectivity index (χ0) is 16.4. The number of unbranched alkanes of at least 4 members (excludes halogenated alkanes) is 12. The van der Waals surface area contributed by atoms with Gasteiger partial charge in [-0.15, -0.1) is 25.6 Å². The van der Waals surface area contributed by atoms with Gasteiger partial charge in [0.05, 0.1) is 0 Å². The highest BCUT2D eigenvalue weighted by molar-refractivity contribution is 8.93. The average molecular weight is 415 g/mol. The van der Waals surface area contributed by atoms with Gasteiger partial charge < -0.3 is 0 Å². The molecule has 0 aromatic heterocycles. The van der Waals surface area contributed by atoms with Gasteiger partial charge in [-0.05, 0) is 24.3 Å². The van der Waals surface area contributed by atoms with E-state index in [1.165, 1.54) is 101 Å². The Labute approximate surface area is 164 Å². The molecule has 1 unspecified atom stereocenters. The lowest BCUT2D eigenvalue weighted by atomic mass is 10.1. The molecule has 0 saturated heterocycles. The molecule has 2 heteroatoms. The van der Waals surface area contributed by atoms with E-state index >= 15 is 0 Å². The molecule has 140 valence electrons. The van der Waals surface area contributed by atoms with E-state index in [9.17, 15) is 0 Å². The first-order valence-corrected chi connectivity index (χ1v) is 11.6. The van der Waals surface area contributed by atoms with Crippen molar-refractivity contribution in [2.45, 2.75) is 96.6 Å². The van der Waals surface area contributed by atoms with Crippen molar-refractivity contribution in [1.29, 1.82) is 0 Å². The molecule has 0 nitrogen and oxygen atoms in total. The summed E-state index contributed by atoms with van der Waals surface area (Å²) in [5.41, 5.74) is 1.51. The molecule has 0 radical (unpaired) electrons. The van der Waals surface area contributed by atoms with Crippen molar-refractivity contribution >= 4 is 25.6 Å². The summed E-state index contributed by atoms with van der Waals surface area (Å²) < 4.78 is 0. The van der Waals surface area contributed by atoms with E-state index in [1.54, 1.807) is 0 Å². The van der Waals surface area contributed by atoms with Crippen LogP contribution in [0.5, 0.6) is 0 Å². The van der Waals surface area contributed by atoms with Gasteiger partial charge in [0, 0.05) is 0 Å². The van der Waals surface area contributed by atoms with E-state index in [0.717, 1.165) is 8.58 Å². The van der Waals surface area contributed by atoms with Crippen LogP contribution in [0.15, 0.2) is 30.3 Å². The number of hydrogen-bond acceptors (Lipinski definition) is 0. The van der Waals surface area contributed by atoms with E-state index in [4.69, 9.17) is 0 Å². The topological polar surface area (TPSA) is 0 Å². The minimum absolute atomic E-state index is 0. The molecule has 0 spiro atoms. The Balaban J connectivity index is 0.00000529. The smallest absolute Gasteiger partial charge is 0.0101 e. The van der Waals surface area contributed by atoms with Crippen LogP contribution < -0.4 is 0 Å². The van der Waals surface area contributed by atoms with E-state index in [0.29, 0.717) is 0 Å². The van der Waals surface area contributed by atoms with Gasteiger partial charge in [-0.3, -0.25) is 0 Å². The lowest BCUT2D eigenvalue weighted by Crippen LogP contribution is -1.84. The Hall–Kier alpha value is 0.130. The minimum Gasteiger partial charge on any atom is -0.118 e. The van der Waals surface area contributed by atoms with Crippen molar-refractivity contribution < 1.29 is 0 Å². The van der Waals surface area contributed by atoms with Gasteiger partial charge in [0.2, 0.25) is 0 Å². The number of hydrogen-bond donors (Lipinski definition) is 0. The lowest BCUT2D eigenvalue weighted by molar-refractivity contribution is 0.543. The summed E-state index contributed by atoms with van der Waals surface area (Å²) in [7, 11) is 1.12. The van der Waals surface area contributed by atoms with Gasteiger partial charge in [0.1, 0.15) is 0 Å². The first-order valence-electron chi connectivity index (χ1n) is 10.2. The van der Waals surface area contributed by atoms with Crippen LogP contribution in [0.2, 0.25) is 0 Å². The Kier molecular flexibility index (Phi) is 19.6. The third kappa shape index (κ3) is 15.6. The summed E-state index contributed by atoms with van der Waals surface area (Å²) >= 11 is 0. The summed E-state index contributed by atoms with van der Waals surface area (Å²) in [5.74, 6) is 0. The second-order valence-electron chi connectivity index (χ2n) is 6.91. The van der Waals surface area contributed by atoms with Gasteiger partial charge >= 0.3 is 0 Å². The normalized spacial score (nSPS) is 11.0. The maximum Gasteiger partial charge on any atom is -0.0101 e. The molecule has 1 aromatic carbocycles. The zero-order valence-corrected chi connectivity index (χ0v) is 18.6. The number of rotatable bonds is 16. The predicted molar refractivity (Wildman–Crippen MR) is 119 cm³/mol. The van der Waals surface area contributed by atoms with E-state index in [-0.39, 0.29) is 17.0 Å². The molecule has 24 heavy (non-hydrogen) atoms. The highest BCUT2D eigenvalue weighted by Gasteiger charge is 1.95. The summed E-state index contributed by atoms with van der Waals surface area (Å²) in [6.45, 7) is 2.30. The van der Waals surface area contributed by atoms with Crippen molar-refractivity contribution in [1.82, 2.24) is 0 Å². The standard InChI is InChI=1S/C22H39P.BrH/c1-2-3-4-5-6-7-8-9-10-11-12-13-17-20-23-21-22-18-15-14-16-19-22;/h14-16,18-19,23H,2-13,17,20-21H2,1H3;1H. The van der Waals surface area contributed by atoms with Crippen LogP contribution in [0.4, 0.5) is 0 Å². The minimum atomic E-state index is 0. The third-order valence-electron chi connectivity index (χ3n) is 4.63. The molecule has 0 amide bonds. The maximum absolute atomic E-state index is 2.30. The fourth-order valence-electron chi connectivity index (χ4n) is 3.10. The molecule has 0 aliphatic rings. The predicted octanol–water partition coefficient (Wildman–Crippen LogP) is 8.53. The first-order chi connectivity index (χ1) is 11.4. The van der Waals surface area contributed by atoms with Gasteiger partial charge in [-0.1, -0.05) is 114 Å². The highest BCUT2D eigenvalue weighted by atomic mass is 79.9. The van der Waals surface area contributed by atoms with Crippen LogP contribution in [0.1, 0.15) is 96.0 Å². The summed E-state index contributed by atoms with van der Waals surface area (Å²) in [5, 5.41) is 0. The summed E-state index contributed by atoms with van der Waals surface area (Å²) in [4.78, 5) is 0. The molecular formula is C22H40BrP. The summed E-state index contributed by atoms with van der Waals surface area (Å²) in [6.07, 6.45) is 21.7. The molecule has 1 aromatic rings. The van der Waals surface area contributed by atoms with Gasteiger partial charge in [0.25, 0.3) is 0 Å². The second kappa shape index (κ2) is 19.5. The van der Waals surface area contributed by atoms with E-state index in [2.05, 4.69) is 37.3 Å². The third-order valence-corrected chi connectivity index (χ3v) is 5.99. The Morgan fingerprint density at radius 2 is 1.08 bits per heavy atom. The number of halogens is 1. The zero-order valence-electron chi connectivity index (χ0n) is 15.9. The molecule has 0 fully saturated rings. The Morgan fingerprint density at radius 1 is 0.625 bits per heavy atom. The molecule has 0 bridgehead atoms. The Bertz CT molecular complexity index is 339. The quantitative estimate of drug-likeness (QED) is 0.187. The van der Waals surface area contributed by atoms with Crippen LogP contribution in [0.3, 0.4) is 0 Å². The van der Waals surface area contributed by atoms with Crippen molar-refractivity contribution in [3.05, 3.63) is 35.9 Å². The van der Waals surface area contributed by atoms with Gasteiger partial charge in [-0.25, -0.2) is 0 Å². The monoisotopic (exact) mass is 414 g/mol. The largest absolute Gasteiger partial charge is 0.118 e. The highest BCUT2D eigenvalue weighted by Crippen LogP contribution is 2.20. The van der Waals surface area contributed by atoms with Crippen LogP contribution >= 0.6 is 25.6 Å². The van der Waals surface area contributed by atoms with E-state index < -0.39 is 0 Å². The molecule has 0 aliphatic carbocycles. The van der Waals surface area contributed by atoms with Crippen molar-refractivity contribution in [3.8, 4) is 0 Å². The molecule has 1 atom stereocenters. The molecular weight excluding hydrogens is 375 g/mol. The lowest BCUT2D eigenvalue weighted by Gasteiger charge is -2.04. The SMILES string of the molecule is Br.CCCCCCCCCCCCCCCPCc1ccccc1. The van der Waals surface area contributed by atoms with Gasteiger partial charge in [-0.2, -0.15) is 0 Å². The fourth-order valence-corrected chi connectivity index (χ4v) is 4.30. The first kappa shape index (κ1) is 24.1. The number of benzene rings is 1. The van der Waals surface area contributed by atoms with Gasteiger partial charge in [0.15, 0.2) is 0 Å². The van der Waals surface area contributed by atoms with Crippen molar-refractivity contribution in [2.24, 2.45) is 0 Å². The maximum atomic E-state index is 2.30. The molecule has 0 saturated carbocycles. The molecule has 0 N–H and O–H groups in total. The average Bonchev–Trinajstić information content (AvgIpc) is 2.59. The van der Waals surface area contributed by atoms with E-state index in [1.807, 2.05) is 0 Å². The summed E-state index contributed by atoms with van der Waals surface area (Å²) in [6, 6.07) is 10.9. The molecule has 1 rings (SSSR count). The second-order valence-corrected chi connectivity index (χ2v) is 8.26. The van der Waals surface area contributed by atoms with Crippen LogP contribution in [-0.4, -0.2) is 6.16 Å². The van der Waals surface area contributed by atoms with Crippen LogP contribution in [0, 0.1) is 0 Å². The van der Waals surface area contributed by atoms with Crippen molar-refractivity contribution in [2.75, 3.05) is 6.16 Å².